The van der Waals surface area contributed by atoms with Crippen LogP contribution in [0.1, 0.15) is 12.0 Å². The quantitative estimate of drug-likeness (QED) is 0.817. The van der Waals surface area contributed by atoms with Crippen LogP contribution in [0, 0.1) is 0 Å². The molecule has 1 N–H and O–H groups in total. The third-order valence-electron chi connectivity index (χ3n) is 2.17. The maximum Gasteiger partial charge on any atom is 0.307 e. The summed E-state index contributed by atoms with van der Waals surface area (Å²) in [6.45, 7) is 0. The second-order valence-electron chi connectivity index (χ2n) is 3.29. The Morgan fingerprint density at radius 2 is 2.43 bits per heavy atom. The Morgan fingerprint density at radius 1 is 1.64 bits per heavy atom. The van der Waals surface area contributed by atoms with Crippen LogP contribution in [0.15, 0.2) is 18.2 Å². The number of hydrogen-bond acceptors (Lipinski definition) is 2. The third kappa shape index (κ3) is 1.82. The summed E-state index contributed by atoms with van der Waals surface area (Å²) < 4.78 is 5.43. The Morgan fingerprint density at radius 3 is 3.14 bits per heavy atom. The van der Waals surface area contributed by atoms with E-state index in [4.69, 9.17) is 21.4 Å². The van der Waals surface area contributed by atoms with Gasteiger partial charge in [-0.15, -0.1) is 0 Å². The normalized spacial score (nSPS) is 18.8. The summed E-state index contributed by atoms with van der Waals surface area (Å²) in [7, 11) is 0. The van der Waals surface area contributed by atoms with Gasteiger partial charge >= 0.3 is 5.97 Å². The lowest BCUT2D eigenvalue weighted by Gasteiger charge is -2.06. The summed E-state index contributed by atoms with van der Waals surface area (Å²) in [4.78, 5) is 10.5. The van der Waals surface area contributed by atoms with E-state index in [2.05, 4.69) is 0 Å². The highest BCUT2D eigenvalue weighted by molar-refractivity contribution is 6.30. The van der Waals surface area contributed by atoms with Crippen LogP contribution in [0.3, 0.4) is 0 Å². The van der Waals surface area contributed by atoms with Gasteiger partial charge in [-0.3, -0.25) is 4.79 Å². The zero-order chi connectivity index (χ0) is 10.1. The largest absolute Gasteiger partial charge is 0.489 e. The van der Waals surface area contributed by atoms with Gasteiger partial charge in [0.1, 0.15) is 11.9 Å². The van der Waals surface area contributed by atoms with E-state index in [1.807, 2.05) is 6.07 Å². The maximum atomic E-state index is 10.5. The SMILES string of the molecule is O=C(O)C[C@@H]1Cc2ccc(Cl)cc2O1. The molecule has 2 rings (SSSR count). The molecule has 14 heavy (non-hydrogen) atoms. The van der Waals surface area contributed by atoms with Gasteiger partial charge in [0.05, 0.1) is 6.42 Å². The molecule has 1 aromatic carbocycles. The number of benzene rings is 1. The van der Waals surface area contributed by atoms with Crippen molar-refractivity contribution in [2.45, 2.75) is 18.9 Å². The molecule has 0 radical (unpaired) electrons. The lowest BCUT2D eigenvalue weighted by molar-refractivity contribution is -0.138. The molecule has 0 unspecified atom stereocenters. The summed E-state index contributed by atoms with van der Waals surface area (Å²) in [5, 5.41) is 9.21. The highest BCUT2D eigenvalue weighted by atomic mass is 35.5. The molecule has 0 amide bonds. The van der Waals surface area contributed by atoms with Gasteiger partial charge in [-0.25, -0.2) is 0 Å². The van der Waals surface area contributed by atoms with E-state index in [0.29, 0.717) is 17.2 Å². The van der Waals surface area contributed by atoms with Gasteiger partial charge in [0.2, 0.25) is 0 Å². The monoisotopic (exact) mass is 212 g/mol. The van der Waals surface area contributed by atoms with Gasteiger partial charge < -0.3 is 9.84 Å². The molecule has 4 heteroatoms. The average molecular weight is 213 g/mol. The van der Waals surface area contributed by atoms with E-state index in [1.165, 1.54) is 0 Å². The van der Waals surface area contributed by atoms with E-state index >= 15 is 0 Å². The molecule has 1 aromatic rings. The third-order valence-corrected chi connectivity index (χ3v) is 2.41. The van der Waals surface area contributed by atoms with Gasteiger partial charge in [0.25, 0.3) is 0 Å². The number of halogens is 1. The summed E-state index contributed by atoms with van der Waals surface area (Å²) >= 11 is 5.78. The standard InChI is InChI=1S/C10H9ClO3/c11-7-2-1-6-3-8(5-10(12)13)14-9(6)4-7/h1-2,4,8H,3,5H2,(H,12,13)/t8-/m0/s1. The van der Waals surface area contributed by atoms with E-state index in [1.54, 1.807) is 12.1 Å². The van der Waals surface area contributed by atoms with Crippen LogP contribution in [-0.2, 0) is 11.2 Å². The van der Waals surface area contributed by atoms with Crippen LogP contribution in [-0.4, -0.2) is 17.2 Å². The molecule has 0 bridgehead atoms. The van der Waals surface area contributed by atoms with Crippen molar-refractivity contribution >= 4 is 17.6 Å². The van der Waals surface area contributed by atoms with Gasteiger partial charge in [-0.1, -0.05) is 17.7 Å². The zero-order valence-corrected chi connectivity index (χ0v) is 8.12. The topological polar surface area (TPSA) is 46.5 Å². The van der Waals surface area contributed by atoms with Crippen molar-refractivity contribution in [1.29, 1.82) is 0 Å². The van der Waals surface area contributed by atoms with E-state index < -0.39 is 5.97 Å². The van der Waals surface area contributed by atoms with Crippen LogP contribution >= 0.6 is 11.6 Å². The lowest BCUT2D eigenvalue weighted by Crippen LogP contribution is -2.17. The van der Waals surface area contributed by atoms with Crippen LogP contribution in [0.5, 0.6) is 5.75 Å². The highest BCUT2D eigenvalue weighted by Crippen LogP contribution is 2.32. The summed E-state index contributed by atoms with van der Waals surface area (Å²) in [6, 6.07) is 5.38. The molecule has 0 aliphatic carbocycles. The minimum absolute atomic E-state index is 0.0340. The molecule has 0 spiro atoms. The number of aliphatic carboxylic acids is 1. The molecular weight excluding hydrogens is 204 g/mol. The fourth-order valence-corrected chi connectivity index (χ4v) is 1.74. The van der Waals surface area contributed by atoms with Crippen LogP contribution in [0.4, 0.5) is 0 Å². The van der Waals surface area contributed by atoms with Crippen LogP contribution < -0.4 is 4.74 Å². The first-order chi connectivity index (χ1) is 6.65. The minimum atomic E-state index is -0.839. The number of carbonyl (C=O) groups is 1. The fourth-order valence-electron chi connectivity index (χ4n) is 1.58. The summed E-state index contributed by atoms with van der Waals surface area (Å²) in [5.74, 6) is -0.127. The van der Waals surface area contributed by atoms with Crippen LogP contribution in [0.2, 0.25) is 5.02 Å². The zero-order valence-electron chi connectivity index (χ0n) is 7.37. The van der Waals surface area contributed by atoms with Crippen molar-refractivity contribution in [3.63, 3.8) is 0 Å². The predicted octanol–water partition coefficient (Wildman–Crippen LogP) is 2.12. The minimum Gasteiger partial charge on any atom is -0.489 e. The van der Waals surface area contributed by atoms with Gasteiger partial charge in [-0.05, 0) is 17.7 Å². The van der Waals surface area contributed by atoms with Crippen LogP contribution in [0.25, 0.3) is 0 Å². The molecule has 1 aliphatic heterocycles. The van der Waals surface area contributed by atoms with Crippen molar-refractivity contribution in [2.24, 2.45) is 0 Å². The number of ether oxygens (including phenoxy) is 1. The van der Waals surface area contributed by atoms with E-state index in [9.17, 15) is 4.79 Å². The maximum absolute atomic E-state index is 10.5. The fraction of sp³-hybridized carbons (Fsp3) is 0.300. The van der Waals surface area contributed by atoms with Crippen molar-refractivity contribution in [3.8, 4) is 5.75 Å². The van der Waals surface area contributed by atoms with Gasteiger partial charge in [-0.2, -0.15) is 0 Å². The van der Waals surface area contributed by atoms with Gasteiger partial charge in [0.15, 0.2) is 0 Å². The van der Waals surface area contributed by atoms with Crippen molar-refractivity contribution in [2.75, 3.05) is 0 Å². The predicted molar refractivity (Wildman–Crippen MR) is 51.8 cm³/mol. The molecule has 1 atom stereocenters. The van der Waals surface area contributed by atoms with Crippen molar-refractivity contribution in [1.82, 2.24) is 0 Å². The average Bonchev–Trinajstić information content (AvgIpc) is 2.44. The molecule has 0 saturated carbocycles. The molecule has 0 fully saturated rings. The number of rotatable bonds is 2. The summed E-state index contributed by atoms with van der Waals surface area (Å²) in [5.41, 5.74) is 1.03. The Balaban J connectivity index is 2.14. The smallest absolute Gasteiger partial charge is 0.307 e. The van der Waals surface area contributed by atoms with E-state index in [0.717, 1.165) is 5.56 Å². The number of fused-ring (bicyclic) bond motifs is 1. The number of carboxylic acids is 1. The Labute approximate surface area is 86.3 Å². The number of hydrogen-bond donors (Lipinski definition) is 1. The second-order valence-corrected chi connectivity index (χ2v) is 3.73. The molecule has 0 saturated heterocycles. The molecule has 0 aromatic heterocycles. The van der Waals surface area contributed by atoms with Crippen molar-refractivity contribution < 1.29 is 14.6 Å². The Bertz CT molecular complexity index is 376. The second kappa shape index (κ2) is 3.50. The summed E-state index contributed by atoms with van der Waals surface area (Å²) in [6.07, 6.45) is 0.437. The number of carboxylic acid groups (broad SMARTS) is 1. The first kappa shape index (κ1) is 9.34. The van der Waals surface area contributed by atoms with E-state index in [-0.39, 0.29) is 12.5 Å². The molecule has 1 aliphatic rings. The first-order valence-electron chi connectivity index (χ1n) is 4.32. The highest BCUT2D eigenvalue weighted by Gasteiger charge is 2.24. The molecule has 74 valence electrons. The molecule has 3 nitrogen and oxygen atoms in total. The van der Waals surface area contributed by atoms with Crippen molar-refractivity contribution in [3.05, 3.63) is 28.8 Å². The first-order valence-corrected chi connectivity index (χ1v) is 4.70. The Kier molecular flexibility index (Phi) is 2.33. The molecular formula is C10H9ClO3. The lowest BCUT2D eigenvalue weighted by atomic mass is 10.1. The Hall–Kier alpha value is -1.22. The molecule has 1 heterocycles. The van der Waals surface area contributed by atoms with Gasteiger partial charge in [0, 0.05) is 11.4 Å².